The van der Waals surface area contributed by atoms with Gasteiger partial charge in [-0.15, -0.1) is 11.3 Å². The molecule has 188 valence electrons. The monoisotopic (exact) mass is 498 g/mol. The average molecular weight is 499 g/mol. The maximum absolute atomic E-state index is 10.6. The maximum Gasteiger partial charge on any atom is 0.224 e. The van der Waals surface area contributed by atoms with Gasteiger partial charge in [0.25, 0.3) is 0 Å². The van der Waals surface area contributed by atoms with Crippen LogP contribution in [-0.4, -0.2) is 66.7 Å². The van der Waals surface area contributed by atoms with Gasteiger partial charge in [-0.05, 0) is 37.2 Å². The molecule has 2 fully saturated rings. The summed E-state index contributed by atoms with van der Waals surface area (Å²) in [6.45, 7) is 7.04. The SMILES string of the molecule is Cc1nc(NCC(C)(C)CC2CC2)nc(N[C@@H]2C[C@H](CO)[C@@H](O)[C@H]2O)c1-c1nc2cnccc2s1. The van der Waals surface area contributed by atoms with Crippen molar-refractivity contribution < 1.29 is 15.3 Å². The van der Waals surface area contributed by atoms with E-state index in [0.29, 0.717) is 18.2 Å². The summed E-state index contributed by atoms with van der Waals surface area (Å²) in [6.07, 6.45) is 5.74. The highest BCUT2D eigenvalue weighted by Crippen LogP contribution is 2.41. The molecule has 2 saturated carbocycles. The molecule has 3 aromatic heterocycles. The summed E-state index contributed by atoms with van der Waals surface area (Å²) in [6, 6.07) is 1.48. The highest BCUT2D eigenvalue weighted by atomic mass is 32.1. The molecule has 0 amide bonds. The summed E-state index contributed by atoms with van der Waals surface area (Å²) in [7, 11) is 0. The summed E-state index contributed by atoms with van der Waals surface area (Å²) in [4.78, 5) is 18.5. The molecule has 3 aromatic rings. The first-order valence-electron chi connectivity index (χ1n) is 12.3. The van der Waals surface area contributed by atoms with Crippen LogP contribution in [0.2, 0.25) is 0 Å². The Morgan fingerprint density at radius 1 is 1.14 bits per heavy atom. The van der Waals surface area contributed by atoms with E-state index in [1.165, 1.54) is 30.6 Å². The number of hydrogen-bond donors (Lipinski definition) is 5. The molecule has 0 unspecified atom stereocenters. The number of aromatic nitrogens is 4. The zero-order valence-corrected chi connectivity index (χ0v) is 21.2. The summed E-state index contributed by atoms with van der Waals surface area (Å²) in [5.41, 5.74) is 2.47. The number of aliphatic hydroxyl groups is 3. The number of anilines is 2. The standard InChI is InChI=1S/C25H34N6O3S/c1-13-19(23-30-17-10-26-7-6-18(17)35-23)22(29-16-8-15(11-32)20(33)21(16)34)31-24(28-13)27-12-25(2,3)9-14-4-5-14/h6-7,10,14-16,20-21,32-34H,4-5,8-9,11-12H2,1-3H3,(H2,27,28,29,31)/t15-,16-,20-,21+/m1/s1. The highest BCUT2D eigenvalue weighted by Gasteiger charge is 2.41. The van der Waals surface area contributed by atoms with Crippen molar-refractivity contribution >= 4 is 33.3 Å². The molecule has 0 spiro atoms. The minimum atomic E-state index is -1.01. The van der Waals surface area contributed by atoms with E-state index in [2.05, 4.69) is 29.5 Å². The number of aryl methyl sites for hydroxylation is 1. The minimum Gasteiger partial charge on any atom is -0.396 e. The van der Waals surface area contributed by atoms with E-state index >= 15 is 0 Å². The lowest BCUT2D eigenvalue weighted by atomic mass is 9.87. The lowest BCUT2D eigenvalue weighted by Gasteiger charge is -2.26. The van der Waals surface area contributed by atoms with Gasteiger partial charge >= 0.3 is 0 Å². The van der Waals surface area contributed by atoms with Gasteiger partial charge in [0.2, 0.25) is 5.95 Å². The second-order valence-electron chi connectivity index (χ2n) is 10.8. The Balaban J connectivity index is 1.47. The van der Waals surface area contributed by atoms with Crippen LogP contribution < -0.4 is 10.6 Å². The van der Waals surface area contributed by atoms with Crippen LogP contribution >= 0.6 is 11.3 Å². The molecule has 0 bridgehead atoms. The molecule has 0 aliphatic heterocycles. The molecule has 35 heavy (non-hydrogen) atoms. The molecule has 0 aromatic carbocycles. The highest BCUT2D eigenvalue weighted by molar-refractivity contribution is 7.21. The Hall–Kier alpha value is -2.40. The predicted octanol–water partition coefficient (Wildman–Crippen LogP) is 3.21. The van der Waals surface area contributed by atoms with E-state index in [4.69, 9.17) is 15.0 Å². The first-order chi connectivity index (χ1) is 16.7. The smallest absolute Gasteiger partial charge is 0.224 e. The molecule has 2 aliphatic rings. The number of nitrogens with one attached hydrogen (secondary N) is 2. The first-order valence-corrected chi connectivity index (χ1v) is 13.1. The van der Waals surface area contributed by atoms with E-state index in [9.17, 15) is 15.3 Å². The molecule has 0 saturated heterocycles. The Morgan fingerprint density at radius 3 is 2.63 bits per heavy atom. The van der Waals surface area contributed by atoms with Crippen molar-refractivity contribution in [2.75, 3.05) is 23.8 Å². The third-order valence-corrected chi connectivity index (χ3v) is 8.17. The lowest BCUT2D eigenvalue weighted by Crippen LogP contribution is -2.36. The zero-order chi connectivity index (χ0) is 24.7. The van der Waals surface area contributed by atoms with Crippen molar-refractivity contribution in [2.24, 2.45) is 17.3 Å². The Bertz CT molecular complexity index is 1160. The van der Waals surface area contributed by atoms with Gasteiger partial charge in [-0.25, -0.2) is 9.97 Å². The minimum absolute atomic E-state index is 0.130. The van der Waals surface area contributed by atoms with E-state index in [1.54, 1.807) is 12.4 Å². The third-order valence-electron chi connectivity index (χ3n) is 7.12. The van der Waals surface area contributed by atoms with Gasteiger partial charge in [0.15, 0.2) is 0 Å². The Morgan fingerprint density at radius 2 is 1.94 bits per heavy atom. The quantitative estimate of drug-likeness (QED) is 0.301. The van der Waals surface area contributed by atoms with E-state index in [1.807, 2.05) is 13.0 Å². The topological polar surface area (TPSA) is 136 Å². The number of fused-ring (bicyclic) bond motifs is 1. The maximum atomic E-state index is 10.6. The number of hydrogen-bond acceptors (Lipinski definition) is 10. The van der Waals surface area contributed by atoms with Crippen molar-refractivity contribution in [3.05, 3.63) is 24.2 Å². The molecular weight excluding hydrogens is 464 g/mol. The molecule has 10 heteroatoms. The van der Waals surface area contributed by atoms with Crippen LogP contribution in [0.3, 0.4) is 0 Å². The predicted molar refractivity (Wildman–Crippen MR) is 137 cm³/mol. The zero-order valence-electron chi connectivity index (χ0n) is 20.4. The Labute approximate surface area is 209 Å². The number of aliphatic hydroxyl groups excluding tert-OH is 3. The molecule has 3 heterocycles. The fourth-order valence-electron chi connectivity index (χ4n) is 5.02. The molecule has 4 atom stereocenters. The molecule has 0 radical (unpaired) electrons. The van der Waals surface area contributed by atoms with Crippen molar-refractivity contribution in [1.82, 2.24) is 19.9 Å². The fraction of sp³-hybridized carbons (Fsp3) is 0.600. The second kappa shape index (κ2) is 9.57. The van der Waals surface area contributed by atoms with Crippen LogP contribution in [-0.2, 0) is 0 Å². The number of rotatable bonds is 9. The van der Waals surface area contributed by atoms with Gasteiger partial charge in [-0.1, -0.05) is 26.7 Å². The Kier molecular flexibility index (Phi) is 6.65. The summed E-state index contributed by atoms with van der Waals surface area (Å²) in [5.74, 6) is 1.52. The van der Waals surface area contributed by atoms with Gasteiger partial charge in [0, 0.05) is 25.3 Å². The molecule has 5 rings (SSSR count). The van der Waals surface area contributed by atoms with Gasteiger partial charge < -0.3 is 26.0 Å². The third kappa shape index (κ3) is 5.25. The number of pyridine rings is 1. The van der Waals surface area contributed by atoms with E-state index < -0.39 is 18.2 Å². The van der Waals surface area contributed by atoms with Crippen molar-refractivity contribution in [3.63, 3.8) is 0 Å². The first kappa shape index (κ1) is 24.3. The second-order valence-corrected chi connectivity index (χ2v) is 11.8. The summed E-state index contributed by atoms with van der Waals surface area (Å²) < 4.78 is 1.01. The molecular formula is C25H34N6O3S. The van der Waals surface area contributed by atoms with Crippen LogP contribution in [0.15, 0.2) is 18.5 Å². The van der Waals surface area contributed by atoms with Gasteiger partial charge in [0.05, 0.1) is 34.3 Å². The normalized spacial score (nSPS) is 24.7. The summed E-state index contributed by atoms with van der Waals surface area (Å²) >= 11 is 1.54. The van der Waals surface area contributed by atoms with Gasteiger partial charge in [0.1, 0.15) is 22.4 Å². The average Bonchev–Trinajstić information content (AvgIpc) is 3.45. The van der Waals surface area contributed by atoms with Crippen molar-refractivity contribution in [2.45, 2.75) is 64.7 Å². The molecule has 9 nitrogen and oxygen atoms in total. The van der Waals surface area contributed by atoms with Crippen LogP contribution in [0, 0.1) is 24.2 Å². The lowest BCUT2D eigenvalue weighted by molar-refractivity contribution is 0.00446. The van der Waals surface area contributed by atoms with Crippen LogP contribution in [0.1, 0.15) is 45.2 Å². The van der Waals surface area contributed by atoms with Crippen LogP contribution in [0.4, 0.5) is 11.8 Å². The van der Waals surface area contributed by atoms with Crippen LogP contribution in [0.5, 0.6) is 0 Å². The van der Waals surface area contributed by atoms with Crippen molar-refractivity contribution in [1.29, 1.82) is 0 Å². The van der Waals surface area contributed by atoms with Crippen molar-refractivity contribution in [3.8, 4) is 10.6 Å². The molecule has 5 N–H and O–H groups in total. The largest absolute Gasteiger partial charge is 0.396 e. The summed E-state index contributed by atoms with van der Waals surface area (Å²) in [5, 5.41) is 38.1. The molecule has 2 aliphatic carbocycles. The van der Waals surface area contributed by atoms with Gasteiger partial charge in [-0.3, -0.25) is 4.98 Å². The number of thiazole rings is 1. The van der Waals surface area contributed by atoms with Crippen LogP contribution in [0.25, 0.3) is 20.8 Å². The van der Waals surface area contributed by atoms with E-state index in [0.717, 1.165) is 38.9 Å². The number of nitrogens with zero attached hydrogens (tertiary/aromatic N) is 4. The van der Waals surface area contributed by atoms with E-state index in [-0.39, 0.29) is 17.9 Å². The fourth-order valence-corrected chi connectivity index (χ4v) is 6.05. The van der Waals surface area contributed by atoms with Gasteiger partial charge in [-0.2, -0.15) is 4.98 Å².